The maximum Gasteiger partial charge on any atom is 0.240 e. The molecule has 0 radical (unpaired) electrons. The van der Waals surface area contributed by atoms with Crippen molar-refractivity contribution in [3.63, 3.8) is 0 Å². The Balaban J connectivity index is 1.45. The number of alkyl halides is 1. The summed E-state index contributed by atoms with van der Waals surface area (Å²) in [5.74, 6) is 0.0893. The highest BCUT2D eigenvalue weighted by Gasteiger charge is 2.52. The van der Waals surface area contributed by atoms with Gasteiger partial charge in [0, 0.05) is 25.5 Å². The van der Waals surface area contributed by atoms with Crippen molar-refractivity contribution in [1.82, 2.24) is 10.6 Å². The van der Waals surface area contributed by atoms with Crippen LogP contribution in [0.4, 0.5) is 0 Å². The molecule has 0 bridgehead atoms. The number of carbonyl (C=O) groups is 1. The van der Waals surface area contributed by atoms with Crippen LogP contribution in [0, 0.1) is 17.2 Å². The molecule has 4 rings (SSSR count). The van der Waals surface area contributed by atoms with Crippen LogP contribution < -0.4 is 10.6 Å². The zero-order chi connectivity index (χ0) is 26.7. The van der Waals surface area contributed by atoms with Gasteiger partial charge in [-0.1, -0.05) is 12.1 Å². The Hall–Kier alpha value is -1.42. The van der Waals surface area contributed by atoms with Crippen LogP contribution in [-0.4, -0.2) is 94.1 Å². The Labute approximate surface area is 226 Å². The monoisotopic (exact) mass is 553 g/mol. The number of fused-ring (bicyclic) bond motifs is 1. The molecule has 11 heteroatoms. The first-order valence-electron chi connectivity index (χ1n) is 12.7. The Morgan fingerprint density at radius 3 is 2.76 bits per heavy atom. The standard InChI is InChI=1S/C26H36ClN3O6S/c1-14(27)20(23-24(32)26(34,13-31)10-19(36-23)37-2)30-25(33)21-22-18(12-29-21)9-17(7-8-35-22)16-5-3-15(11-28)4-6-16/h3-6,14,17-24,29,31-32,34H,7-10,12-13H2,1-2H3,(H,30,33)/t14-,17-,18-,19?,20+,21-,22+,23+,24?,26?/m0/s1. The molecule has 1 amide bonds. The van der Waals surface area contributed by atoms with E-state index in [9.17, 15) is 20.1 Å². The first-order chi connectivity index (χ1) is 17.7. The van der Waals surface area contributed by atoms with Crippen LogP contribution in [0.3, 0.4) is 0 Å². The summed E-state index contributed by atoms with van der Waals surface area (Å²) in [7, 11) is 0. The molecule has 1 aromatic carbocycles. The molecule has 10 atom stereocenters. The minimum atomic E-state index is -1.76. The molecule has 37 heavy (non-hydrogen) atoms. The maximum atomic E-state index is 13.5. The van der Waals surface area contributed by atoms with Gasteiger partial charge in [-0.05, 0) is 49.6 Å². The molecule has 0 aliphatic carbocycles. The van der Waals surface area contributed by atoms with Gasteiger partial charge in [0.15, 0.2) is 0 Å². The van der Waals surface area contributed by atoms with Gasteiger partial charge in [0.2, 0.25) is 5.91 Å². The lowest BCUT2D eigenvalue weighted by Gasteiger charge is -2.47. The van der Waals surface area contributed by atoms with Crippen LogP contribution in [0.25, 0.3) is 0 Å². The number of thioether (sulfide) groups is 1. The number of rotatable bonds is 7. The van der Waals surface area contributed by atoms with Crippen LogP contribution in [-0.2, 0) is 14.3 Å². The number of aliphatic hydroxyl groups excluding tert-OH is 2. The molecule has 5 N–H and O–H groups in total. The molecule has 3 aliphatic heterocycles. The van der Waals surface area contributed by atoms with E-state index >= 15 is 0 Å². The summed E-state index contributed by atoms with van der Waals surface area (Å²) in [6.07, 6.45) is 0.791. The molecule has 204 valence electrons. The maximum absolute atomic E-state index is 13.5. The fraction of sp³-hybridized carbons (Fsp3) is 0.692. The van der Waals surface area contributed by atoms with Crippen molar-refractivity contribution >= 4 is 29.3 Å². The SMILES string of the molecule is CSC1CC(O)(CO)C(O)[C@@H]([C@H](NC(=O)[C@H]2NC[C@@H]3C[C@@H](c4ccc(C#N)cc4)CCO[C@H]32)[C@H](C)Cl)O1. The smallest absolute Gasteiger partial charge is 0.240 e. The lowest BCUT2D eigenvalue weighted by molar-refractivity contribution is -0.216. The first kappa shape index (κ1) is 28.6. The van der Waals surface area contributed by atoms with Crippen molar-refractivity contribution in [2.45, 2.75) is 78.9 Å². The van der Waals surface area contributed by atoms with Crippen molar-refractivity contribution < 1.29 is 29.6 Å². The average Bonchev–Trinajstić information content (AvgIpc) is 3.18. The number of aliphatic hydroxyl groups is 3. The summed E-state index contributed by atoms with van der Waals surface area (Å²) < 4.78 is 12.2. The normalized spacial score (nSPS) is 37.6. The number of carbonyl (C=O) groups excluding carboxylic acids is 1. The molecule has 3 heterocycles. The number of hydrogen-bond acceptors (Lipinski definition) is 9. The molecule has 0 saturated carbocycles. The van der Waals surface area contributed by atoms with E-state index in [4.69, 9.17) is 26.3 Å². The van der Waals surface area contributed by atoms with Gasteiger partial charge in [-0.3, -0.25) is 4.79 Å². The largest absolute Gasteiger partial charge is 0.393 e. The van der Waals surface area contributed by atoms with E-state index in [-0.39, 0.29) is 30.3 Å². The zero-order valence-corrected chi connectivity index (χ0v) is 22.6. The number of nitrogens with one attached hydrogen (secondary N) is 2. The van der Waals surface area contributed by atoms with Crippen LogP contribution in [0.2, 0.25) is 0 Å². The molecule has 0 spiro atoms. The van der Waals surface area contributed by atoms with E-state index in [2.05, 4.69) is 16.7 Å². The minimum Gasteiger partial charge on any atom is -0.393 e. The van der Waals surface area contributed by atoms with Gasteiger partial charge in [-0.15, -0.1) is 23.4 Å². The fourth-order valence-electron chi connectivity index (χ4n) is 5.74. The van der Waals surface area contributed by atoms with Crippen molar-refractivity contribution in [2.75, 3.05) is 26.0 Å². The van der Waals surface area contributed by atoms with E-state index in [1.165, 1.54) is 11.8 Å². The topological polar surface area (TPSA) is 144 Å². The Bertz CT molecular complexity index is 978. The summed E-state index contributed by atoms with van der Waals surface area (Å²) >= 11 is 7.82. The van der Waals surface area contributed by atoms with Crippen molar-refractivity contribution in [2.24, 2.45) is 5.92 Å². The van der Waals surface area contributed by atoms with Crippen LogP contribution >= 0.6 is 23.4 Å². The number of benzene rings is 1. The summed E-state index contributed by atoms with van der Waals surface area (Å²) in [6.45, 7) is 2.19. The second-order valence-electron chi connectivity index (χ2n) is 10.3. The summed E-state index contributed by atoms with van der Waals surface area (Å²) in [4.78, 5) is 13.5. The number of ether oxygens (including phenoxy) is 2. The summed E-state index contributed by atoms with van der Waals surface area (Å²) in [6, 6.07) is 8.38. The molecule has 3 aliphatic rings. The zero-order valence-electron chi connectivity index (χ0n) is 21.0. The van der Waals surface area contributed by atoms with E-state index in [1.807, 2.05) is 30.5 Å². The molecule has 9 nitrogen and oxygen atoms in total. The van der Waals surface area contributed by atoms with Gasteiger partial charge in [-0.25, -0.2) is 0 Å². The second kappa shape index (κ2) is 12.2. The molecule has 3 fully saturated rings. The summed E-state index contributed by atoms with van der Waals surface area (Å²) in [5, 5.41) is 46.2. The van der Waals surface area contributed by atoms with Gasteiger partial charge in [0.25, 0.3) is 0 Å². The molecule has 3 unspecified atom stereocenters. The van der Waals surface area contributed by atoms with E-state index in [1.54, 1.807) is 6.92 Å². The van der Waals surface area contributed by atoms with Gasteiger partial charge in [0.1, 0.15) is 29.3 Å². The highest BCUT2D eigenvalue weighted by molar-refractivity contribution is 7.99. The highest BCUT2D eigenvalue weighted by atomic mass is 35.5. The molecule has 3 saturated heterocycles. The summed E-state index contributed by atoms with van der Waals surface area (Å²) in [5.41, 5.74) is -0.441. The van der Waals surface area contributed by atoms with E-state index in [0.29, 0.717) is 18.7 Å². The van der Waals surface area contributed by atoms with Crippen LogP contribution in [0.1, 0.15) is 43.2 Å². The van der Waals surface area contributed by atoms with E-state index in [0.717, 1.165) is 18.4 Å². The van der Waals surface area contributed by atoms with Gasteiger partial charge >= 0.3 is 0 Å². The second-order valence-corrected chi connectivity index (χ2v) is 12.0. The third-order valence-corrected chi connectivity index (χ3v) is 9.01. The fourth-order valence-corrected chi connectivity index (χ4v) is 6.64. The average molecular weight is 554 g/mol. The van der Waals surface area contributed by atoms with Gasteiger partial charge in [-0.2, -0.15) is 5.26 Å². The van der Waals surface area contributed by atoms with Gasteiger partial charge < -0.3 is 35.4 Å². The number of halogens is 1. The number of nitriles is 1. The highest BCUT2D eigenvalue weighted by Crippen LogP contribution is 2.38. The van der Waals surface area contributed by atoms with Crippen LogP contribution in [0.15, 0.2) is 24.3 Å². The van der Waals surface area contributed by atoms with Crippen molar-refractivity contribution in [3.05, 3.63) is 35.4 Å². The number of amides is 1. The Morgan fingerprint density at radius 1 is 1.41 bits per heavy atom. The molecular weight excluding hydrogens is 518 g/mol. The van der Waals surface area contributed by atoms with Gasteiger partial charge in [0.05, 0.1) is 35.8 Å². The Morgan fingerprint density at radius 2 is 2.14 bits per heavy atom. The lowest BCUT2D eigenvalue weighted by Crippen LogP contribution is -2.66. The first-order valence-corrected chi connectivity index (χ1v) is 14.4. The third-order valence-electron chi connectivity index (χ3n) is 7.94. The predicted octanol–water partition coefficient (Wildman–Crippen LogP) is 1.08. The molecule has 1 aromatic rings. The predicted molar refractivity (Wildman–Crippen MR) is 140 cm³/mol. The number of hydrogen-bond donors (Lipinski definition) is 5. The molecular formula is C26H36ClN3O6S. The van der Waals surface area contributed by atoms with Crippen LogP contribution in [0.5, 0.6) is 0 Å². The van der Waals surface area contributed by atoms with Crippen molar-refractivity contribution in [1.29, 1.82) is 5.26 Å². The van der Waals surface area contributed by atoms with Crippen molar-refractivity contribution in [3.8, 4) is 6.07 Å². The lowest BCUT2D eigenvalue weighted by atomic mass is 9.84. The third kappa shape index (κ3) is 6.10. The quantitative estimate of drug-likeness (QED) is 0.313. The Kier molecular flexibility index (Phi) is 9.41. The number of nitrogens with zero attached hydrogens (tertiary/aromatic N) is 1. The minimum absolute atomic E-state index is 0.0574. The molecule has 0 aromatic heterocycles. The van der Waals surface area contributed by atoms with E-state index < -0.39 is 47.3 Å².